The van der Waals surface area contributed by atoms with E-state index in [4.69, 9.17) is 16.3 Å². The molecule has 0 saturated carbocycles. The zero-order valence-corrected chi connectivity index (χ0v) is 20.7. The number of halogens is 2. The van der Waals surface area contributed by atoms with Crippen LogP contribution in [0.15, 0.2) is 72.8 Å². The molecule has 0 aliphatic rings. The molecule has 2 amide bonds. The van der Waals surface area contributed by atoms with Gasteiger partial charge in [-0.2, -0.15) is 0 Å². The highest BCUT2D eigenvalue weighted by atomic mass is 35.5. The van der Waals surface area contributed by atoms with Crippen molar-refractivity contribution in [2.45, 2.75) is 39.3 Å². The van der Waals surface area contributed by atoms with E-state index in [1.54, 1.807) is 30.3 Å². The van der Waals surface area contributed by atoms with Gasteiger partial charge in [0.25, 0.3) is 5.91 Å². The Balaban J connectivity index is 1.88. The van der Waals surface area contributed by atoms with E-state index in [9.17, 15) is 14.0 Å². The Morgan fingerprint density at radius 2 is 1.74 bits per heavy atom. The number of aryl methyl sites for hydroxylation is 1. The predicted molar refractivity (Wildman–Crippen MR) is 136 cm³/mol. The first kappa shape index (κ1) is 26.2. The van der Waals surface area contributed by atoms with Crippen molar-refractivity contribution < 1.29 is 18.7 Å². The molecule has 1 unspecified atom stereocenters. The smallest absolute Gasteiger partial charge is 0.261 e. The Labute approximate surface area is 210 Å². The normalized spacial score (nSPS) is 11.5. The second kappa shape index (κ2) is 12.9. The number of ether oxygens (including phenoxy) is 1. The molecule has 0 aliphatic heterocycles. The van der Waals surface area contributed by atoms with E-state index in [2.05, 4.69) is 5.32 Å². The molecule has 0 radical (unpaired) electrons. The summed E-state index contributed by atoms with van der Waals surface area (Å²) in [5.74, 6) is -0.449. The third kappa shape index (κ3) is 7.82. The van der Waals surface area contributed by atoms with E-state index in [-0.39, 0.29) is 30.8 Å². The molecule has 0 spiro atoms. The lowest BCUT2D eigenvalue weighted by molar-refractivity contribution is -0.142. The SMILES string of the molecule is CCCNC(=O)C(Cc1ccccc1)N(Cc1ccc(F)cc1)C(=O)COc1ccc(Cl)c(C)c1. The number of carbonyl (C=O) groups is 2. The van der Waals surface area contributed by atoms with Crippen molar-refractivity contribution in [1.82, 2.24) is 10.2 Å². The number of nitrogens with one attached hydrogen (secondary N) is 1. The van der Waals surface area contributed by atoms with Gasteiger partial charge in [-0.15, -0.1) is 0 Å². The first-order valence-electron chi connectivity index (χ1n) is 11.6. The molecule has 3 aromatic rings. The van der Waals surface area contributed by atoms with E-state index in [1.165, 1.54) is 17.0 Å². The van der Waals surface area contributed by atoms with Crippen LogP contribution < -0.4 is 10.1 Å². The molecule has 0 fully saturated rings. The van der Waals surface area contributed by atoms with Crippen LogP contribution in [0.25, 0.3) is 0 Å². The third-order valence-corrected chi connectivity index (χ3v) is 6.00. The minimum atomic E-state index is -0.767. The van der Waals surface area contributed by atoms with Crippen LogP contribution >= 0.6 is 11.6 Å². The van der Waals surface area contributed by atoms with Crippen LogP contribution in [0.2, 0.25) is 5.02 Å². The molecule has 5 nitrogen and oxygen atoms in total. The van der Waals surface area contributed by atoms with Gasteiger partial charge in [-0.05, 0) is 60.4 Å². The summed E-state index contributed by atoms with van der Waals surface area (Å²) in [5, 5.41) is 3.53. The fourth-order valence-corrected chi connectivity index (χ4v) is 3.76. The Hall–Kier alpha value is -3.38. The van der Waals surface area contributed by atoms with Crippen LogP contribution in [-0.2, 0) is 22.6 Å². The maximum absolute atomic E-state index is 13.5. The van der Waals surface area contributed by atoms with Gasteiger partial charge in [0.1, 0.15) is 17.6 Å². The highest BCUT2D eigenvalue weighted by Crippen LogP contribution is 2.22. The summed E-state index contributed by atoms with van der Waals surface area (Å²) >= 11 is 6.09. The second-order valence-electron chi connectivity index (χ2n) is 8.34. The highest BCUT2D eigenvalue weighted by molar-refractivity contribution is 6.31. The molecular formula is C28H30ClFN2O3. The number of rotatable bonds is 11. The van der Waals surface area contributed by atoms with Gasteiger partial charge in [-0.1, -0.05) is 61.0 Å². The maximum Gasteiger partial charge on any atom is 0.261 e. The molecule has 3 aromatic carbocycles. The standard InChI is InChI=1S/C28H30ClFN2O3/c1-3-15-31-28(34)26(17-21-7-5-4-6-8-21)32(18-22-9-11-23(30)12-10-22)27(33)19-35-24-13-14-25(29)20(2)16-24/h4-14,16,26H,3,15,17-19H2,1-2H3,(H,31,34). The van der Waals surface area contributed by atoms with Gasteiger partial charge in [-0.3, -0.25) is 9.59 Å². The summed E-state index contributed by atoms with van der Waals surface area (Å²) in [4.78, 5) is 28.2. The van der Waals surface area contributed by atoms with Gasteiger partial charge in [0, 0.05) is 24.5 Å². The quantitative estimate of drug-likeness (QED) is 0.390. The molecule has 1 atom stereocenters. The van der Waals surface area contributed by atoms with Gasteiger partial charge < -0.3 is 15.0 Å². The molecule has 3 rings (SSSR count). The van der Waals surface area contributed by atoms with Gasteiger partial charge in [0.05, 0.1) is 0 Å². The van der Waals surface area contributed by atoms with Crippen molar-refractivity contribution in [2.75, 3.05) is 13.2 Å². The Morgan fingerprint density at radius 1 is 1.03 bits per heavy atom. The van der Waals surface area contributed by atoms with Crippen molar-refractivity contribution in [3.05, 3.63) is 100 Å². The summed E-state index contributed by atoms with van der Waals surface area (Å²) in [6.07, 6.45) is 1.11. The zero-order valence-electron chi connectivity index (χ0n) is 20.0. The average molecular weight is 497 g/mol. The summed E-state index contributed by atoms with van der Waals surface area (Å²) in [5.41, 5.74) is 2.47. The molecule has 0 saturated heterocycles. The first-order valence-corrected chi connectivity index (χ1v) is 12.0. The minimum absolute atomic E-state index is 0.138. The largest absolute Gasteiger partial charge is 0.484 e. The van der Waals surface area contributed by atoms with E-state index in [0.717, 1.165) is 17.5 Å². The molecule has 0 aromatic heterocycles. The molecule has 0 heterocycles. The number of carbonyl (C=O) groups excluding carboxylic acids is 2. The minimum Gasteiger partial charge on any atom is -0.484 e. The highest BCUT2D eigenvalue weighted by Gasteiger charge is 2.30. The average Bonchev–Trinajstić information content (AvgIpc) is 2.87. The van der Waals surface area contributed by atoms with Gasteiger partial charge in [0.15, 0.2) is 6.61 Å². The van der Waals surface area contributed by atoms with Crippen LogP contribution in [0, 0.1) is 12.7 Å². The van der Waals surface area contributed by atoms with Crippen LogP contribution in [0.5, 0.6) is 5.75 Å². The zero-order chi connectivity index (χ0) is 25.2. The molecule has 1 N–H and O–H groups in total. The molecule has 0 aliphatic carbocycles. The molecule has 184 valence electrons. The predicted octanol–water partition coefficient (Wildman–Crippen LogP) is 5.33. The van der Waals surface area contributed by atoms with Gasteiger partial charge in [0.2, 0.25) is 5.91 Å². The van der Waals surface area contributed by atoms with Gasteiger partial charge in [-0.25, -0.2) is 4.39 Å². The molecule has 0 bridgehead atoms. The number of benzene rings is 3. The van der Waals surface area contributed by atoms with E-state index < -0.39 is 6.04 Å². The van der Waals surface area contributed by atoms with E-state index in [1.807, 2.05) is 44.2 Å². The summed E-state index contributed by atoms with van der Waals surface area (Å²) in [6, 6.07) is 19.9. The topological polar surface area (TPSA) is 58.6 Å². The van der Waals surface area contributed by atoms with E-state index in [0.29, 0.717) is 29.3 Å². The van der Waals surface area contributed by atoms with Crippen LogP contribution in [-0.4, -0.2) is 35.9 Å². The lowest BCUT2D eigenvalue weighted by atomic mass is 10.0. The maximum atomic E-state index is 13.5. The lowest BCUT2D eigenvalue weighted by Gasteiger charge is -2.31. The summed E-state index contributed by atoms with van der Waals surface area (Å²) in [7, 11) is 0. The summed E-state index contributed by atoms with van der Waals surface area (Å²) in [6.45, 7) is 4.21. The fraction of sp³-hybridized carbons (Fsp3) is 0.286. The first-order chi connectivity index (χ1) is 16.9. The molecule has 35 heavy (non-hydrogen) atoms. The lowest BCUT2D eigenvalue weighted by Crippen LogP contribution is -2.51. The molecule has 7 heteroatoms. The monoisotopic (exact) mass is 496 g/mol. The number of hydrogen-bond donors (Lipinski definition) is 1. The van der Waals surface area contributed by atoms with Crippen molar-refractivity contribution in [3.63, 3.8) is 0 Å². The Kier molecular flexibility index (Phi) is 9.67. The fourth-order valence-electron chi connectivity index (χ4n) is 3.64. The number of hydrogen-bond acceptors (Lipinski definition) is 3. The van der Waals surface area contributed by atoms with Crippen molar-refractivity contribution in [1.29, 1.82) is 0 Å². The van der Waals surface area contributed by atoms with E-state index >= 15 is 0 Å². The number of nitrogens with zero attached hydrogens (tertiary/aromatic N) is 1. The Morgan fingerprint density at radius 3 is 2.40 bits per heavy atom. The van der Waals surface area contributed by atoms with Crippen LogP contribution in [0.1, 0.15) is 30.0 Å². The number of amides is 2. The van der Waals surface area contributed by atoms with Gasteiger partial charge >= 0.3 is 0 Å². The Bertz CT molecular complexity index is 1120. The third-order valence-electron chi connectivity index (χ3n) is 5.58. The van der Waals surface area contributed by atoms with Crippen LogP contribution in [0.4, 0.5) is 4.39 Å². The summed E-state index contributed by atoms with van der Waals surface area (Å²) < 4.78 is 19.3. The van der Waals surface area contributed by atoms with Crippen molar-refractivity contribution in [3.8, 4) is 5.75 Å². The second-order valence-corrected chi connectivity index (χ2v) is 8.75. The van der Waals surface area contributed by atoms with Crippen LogP contribution in [0.3, 0.4) is 0 Å². The van der Waals surface area contributed by atoms with Crippen molar-refractivity contribution >= 4 is 23.4 Å². The molecular weight excluding hydrogens is 467 g/mol. The van der Waals surface area contributed by atoms with Crippen molar-refractivity contribution in [2.24, 2.45) is 0 Å².